The first-order chi connectivity index (χ1) is 7.29. The van der Waals surface area contributed by atoms with Gasteiger partial charge in [0.05, 0.1) is 0 Å². The maximum atomic E-state index is 11.6. The van der Waals surface area contributed by atoms with Gasteiger partial charge in [-0.05, 0) is 26.2 Å². The first-order valence-electron chi connectivity index (χ1n) is 5.66. The van der Waals surface area contributed by atoms with Gasteiger partial charge < -0.3 is 0 Å². The van der Waals surface area contributed by atoms with Gasteiger partial charge in [-0.3, -0.25) is 9.13 Å². The predicted octanol–water partition coefficient (Wildman–Crippen LogP) is 2.42. The standard InChI is InChI=1S/C12H20N2O/c1-3-5-6-7-8-9-14-11-10-13(4-2)12(14)15/h3,10-11H,1,4-9H2,2H3. The van der Waals surface area contributed by atoms with Crippen molar-refractivity contribution in [3.63, 3.8) is 0 Å². The molecule has 0 aliphatic heterocycles. The topological polar surface area (TPSA) is 26.9 Å². The Morgan fingerprint density at radius 1 is 1.27 bits per heavy atom. The summed E-state index contributed by atoms with van der Waals surface area (Å²) in [7, 11) is 0. The second kappa shape index (κ2) is 6.27. The van der Waals surface area contributed by atoms with E-state index >= 15 is 0 Å². The summed E-state index contributed by atoms with van der Waals surface area (Å²) in [6, 6.07) is 0. The number of rotatable bonds is 7. The van der Waals surface area contributed by atoms with Crippen LogP contribution in [0.25, 0.3) is 0 Å². The number of hydrogen-bond acceptors (Lipinski definition) is 1. The number of aromatic nitrogens is 2. The SMILES string of the molecule is C=CCCCCCn1ccn(CC)c1=O. The molecular weight excluding hydrogens is 188 g/mol. The largest absolute Gasteiger partial charge is 0.328 e. The molecule has 0 radical (unpaired) electrons. The van der Waals surface area contributed by atoms with Crippen LogP contribution in [0.4, 0.5) is 0 Å². The van der Waals surface area contributed by atoms with Crippen molar-refractivity contribution in [1.82, 2.24) is 9.13 Å². The zero-order valence-electron chi connectivity index (χ0n) is 9.48. The minimum absolute atomic E-state index is 0.112. The third-order valence-corrected chi connectivity index (χ3v) is 2.57. The van der Waals surface area contributed by atoms with Crippen LogP contribution < -0.4 is 5.69 Å². The maximum Gasteiger partial charge on any atom is 0.328 e. The van der Waals surface area contributed by atoms with Gasteiger partial charge in [0.1, 0.15) is 0 Å². The lowest BCUT2D eigenvalue weighted by Crippen LogP contribution is -2.23. The average Bonchev–Trinajstić information content (AvgIpc) is 2.60. The molecule has 0 spiro atoms. The van der Waals surface area contributed by atoms with Crippen molar-refractivity contribution in [3.05, 3.63) is 35.5 Å². The molecular formula is C12H20N2O. The molecule has 0 atom stereocenters. The van der Waals surface area contributed by atoms with Gasteiger partial charge in [0, 0.05) is 25.5 Å². The Labute approximate surface area is 91.0 Å². The van der Waals surface area contributed by atoms with E-state index in [1.165, 1.54) is 6.42 Å². The number of imidazole rings is 1. The molecule has 0 fully saturated rings. The normalized spacial score (nSPS) is 10.5. The van der Waals surface area contributed by atoms with E-state index in [1.54, 1.807) is 9.13 Å². The summed E-state index contributed by atoms with van der Waals surface area (Å²) in [5.41, 5.74) is 0.112. The summed E-state index contributed by atoms with van der Waals surface area (Å²) >= 11 is 0. The third-order valence-electron chi connectivity index (χ3n) is 2.57. The van der Waals surface area contributed by atoms with E-state index < -0.39 is 0 Å². The Morgan fingerprint density at radius 3 is 2.60 bits per heavy atom. The Morgan fingerprint density at radius 2 is 2.00 bits per heavy atom. The predicted molar refractivity (Wildman–Crippen MR) is 63.0 cm³/mol. The molecule has 84 valence electrons. The van der Waals surface area contributed by atoms with Gasteiger partial charge >= 0.3 is 5.69 Å². The Bertz CT molecular complexity index is 349. The van der Waals surface area contributed by atoms with E-state index in [0.29, 0.717) is 0 Å². The van der Waals surface area contributed by atoms with Crippen molar-refractivity contribution < 1.29 is 0 Å². The first kappa shape index (κ1) is 11.8. The van der Waals surface area contributed by atoms with E-state index in [1.807, 2.05) is 25.4 Å². The highest BCUT2D eigenvalue weighted by Gasteiger charge is 2.00. The van der Waals surface area contributed by atoms with Gasteiger partial charge in [0.25, 0.3) is 0 Å². The highest BCUT2D eigenvalue weighted by Crippen LogP contribution is 2.01. The molecule has 0 saturated heterocycles. The molecule has 0 N–H and O–H groups in total. The third kappa shape index (κ3) is 3.42. The molecule has 0 aromatic carbocycles. The summed E-state index contributed by atoms with van der Waals surface area (Å²) in [5, 5.41) is 0. The molecule has 0 aliphatic rings. The molecule has 15 heavy (non-hydrogen) atoms. The highest BCUT2D eigenvalue weighted by atomic mass is 16.1. The van der Waals surface area contributed by atoms with Crippen molar-refractivity contribution in [1.29, 1.82) is 0 Å². The quantitative estimate of drug-likeness (QED) is 0.499. The summed E-state index contributed by atoms with van der Waals surface area (Å²) in [6.45, 7) is 7.26. The molecule has 0 unspecified atom stereocenters. The van der Waals surface area contributed by atoms with Gasteiger partial charge in [-0.1, -0.05) is 12.5 Å². The summed E-state index contributed by atoms with van der Waals surface area (Å²) in [5.74, 6) is 0. The van der Waals surface area contributed by atoms with E-state index in [4.69, 9.17) is 0 Å². The zero-order chi connectivity index (χ0) is 11.1. The van der Waals surface area contributed by atoms with Crippen LogP contribution in [0.3, 0.4) is 0 Å². The fourth-order valence-electron chi connectivity index (χ4n) is 1.61. The maximum absolute atomic E-state index is 11.6. The van der Waals surface area contributed by atoms with Crippen LogP contribution >= 0.6 is 0 Å². The van der Waals surface area contributed by atoms with Crippen LogP contribution in [0.2, 0.25) is 0 Å². The minimum atomic E-state index is 0.112. The van der Waals surface area contributed by atoms with E-state index in [9.17, 15) is 4.79 Å². The van der Waals surface area contributed by atoms with E-state index in [2.05, 4.69) is 6.58 Å². The molecule has 1 aromatic rings. The summed E-state index contributed by atoms with van der Waals surface area (Å²) < 4.78 is 3.52. The second-order valence-corrected chi connectivity index (χ2v) is 3.70. The van der Waals surface area contributed by atoms with Crippen LogP contribution in [0.15, 0.2) is 29.8 Å². The average molecular weight is 208 g/mol. The number of hydrogen-bond donors (Lipinski definition) is 0. The first-order valence-corrected chi connectivity index (χ1v) is 5.66. The molecule has 1 rings (SSSR count). The molecule has 0 amide bonds. The number of aryl methyl sites for hydroxylation is 2. The van der Waals surface area contributed by atoms with Gasteiger partial charge in [0.15, 0.2) is 0 Å². The Kier molecular flexibility index (Phi) is 4.95. The molecule has 3 heteroatoms. The smallest absolute Gasteiger partial charge is 0.300 e. The number of nitrogens with zero attached hydrogens (tertiary/aromatic N) is 2. The van der Waals surface area contributed by atoms with Gasteiger partial charge in [-0.25, -0.2) is 4.79 Å². The lowest BCUT2D eigenvalue weighted by Gasteiger charge is -2.00. The van der Waals surface area contributed by atoms with Gasteiger partial charge in [-0.15, -0.1) is 6.58 Å². The van der Waals surface area contributed by atoms with Crippen molar-refractivity contribution in [2.75, 3.05) is 0 Å². The van der Waals surface area contributed by atoms with Gasteiger partial charge in [-0.2, -0.15) is 0 Å². The van der Waals surface area contributed by atoms with Crippen molar-refractivity contribution in [2.24, 2.45) is 0 Å². The Hall–Kier alpha value is -1.25. The van der Waals surface area contributed by atoms with E-state index in [0.717, 1.165) is 32.4 Å². The molecule has 0 aliphatic carbocycles. The van der Waals surface area contributed by atoms with E-state index in [-0.39, 0.29) is 5.69 Å². The number of allylic oxidation sites excluding steroid dienone is 1. The van der Waals surface area contributed by atoms with Crippen LogP contribution in [0.5, 0.6) is 0 Å². The lowest BCUT2D eigenvalue weighted by atomic mass is 10.2. The van der Waals surface area contributed by atoms with Crippen molar-refractivity contribution in [3.8, 4) is 0 Å². The summed E-state index contributed by atoms with van der Waals surface area (Å²) in [6.07, 6.45) is 10.2. The van der Waals surface area contributed by atoms with Crippen LogP contribution in [-0.2, 0) is 13.1 Å². The molecule has 1 heterocycles. The molecule has 0 saturated carbocycles. The van der Waals surface area contributed by atoms with Gasteiger partial charge in [0.2, 0.25) is 0 Å². The monoisotopic (exact) mass is 208 g/mol. The Balaban J connectivity index is 2.34. The van der Waals surface area contributed by atoms with Crippen LogP contribution in [0.1, 0.15) is 32.6 Å². The van der Waals surface area contributed by atoms with Crippen LogP contribution in [-0.4, -0.2) is 9.13 Å². The zero-order valence-corrected chi connectivity index (χ0v) is 9.48. The molecule has 3 nitrogen and oxygen atoms in total. The lowest BCUT2D eigenvalue weighted by molar-refractivity contribution is 0.563. The second-order valence-electron chi connectivity index (χ2n) is 3.70. The van der Waals surface area contributed by atoms with Crippen molar-refractivity contribution >= 4 is 0 Å². The molecule has 1 aromatic heterocycles. The fraction of sp³-hybridized carbons (Fsp3) is 0.583. The highest BCUT2D eigenvalue weighted by molar-refractivity contribution is 4.80. The summed E-state index contributed by atoms with van der Waals surface area (Å²) in [4.78, 5) is 11.6. The molecule has 0 bridgehead atoms. The number of unbranched alkanes of at least 4 members (excludes halogenated alkanes) is 3. The van der Waals surface area contributed by atoms with Crippen molar-refractivity contribution in [2.45, 2.75) is 45.7 Å². The minimum Gasteiger partial charge on any atom is -0.300 e. The van der Waals surface area contributed by atoms with Crippen LogP contribution in [0, 0.1) is 0 Å². The fourth-order valence-corrected chi connectivity index (χ4v) is 1.61.